The minimum Gasteiger partial charge on any atom is -0.457 e. The summed E-state index contributed by atoms with van der Waals surface area (Å²) >= 11 is 0. The first-order chi connectivity index (χ1) is 15.7. The number of ether oxygens (including phenoxy) is 4. The molecule has 2 saturated heterocycles. The lowest BCUT2D eigenvalue weighted by molar-refractivity contribution is -0.192. The van der Waals surface area contributed by atoms with Crippen LogP contribution in [0.1, 0.15) is 54.4 Å². The smallest absolute Gasteiger partial charge is 0.321 e. The van der Waals surface area contributed by atoms with Crippen molar-refractivity contribution in [1.29, 1.82) is 0 Å². The molecule has 0 amide bonds. The molecule has 182 valence electrons. The number of carbonyl (C=O) groups excluding carboxylic acids is 4. The number of hydrogen-bond donors (Lipinski definition) is 1. The van der Waals surface area contributed by atoms with Gasteiger partial charge in [-0.1, -0.05) is 13.0 Å². The number of cyclic esters (lactones) is 2. The lowest BCUT2D eigenvalue weighted by atomic mass is 9.43. The van der Waals surface area contributed by atoms with E-state index in [0.717, 1.165) is 0 Å². The molecule has 3 aliphatic heterocycles. The Kier molecular flexibility index (Phi) is 3.65. The topological polar surface area (TPSA) is 129 Å². The van der Waals surface area contributed by atoms with Gasteiger partial charge in [0, 0.05) is 17.9 Å². The number of hydrogen-bond acceptors (Lipinski definition) is 9. The highest BCUT2D eigenvalue weighted by molar-refractivity contribution is 6.12. The maximum absolute atomic E-state index is 14.4. The molecule has 0 radical (unpaired) electrons. The second-order valence-electron chi connectivity index (χ2n) is 11.4. The molecule has 9 nitrogen and oxygen atoms in total. The van der Waals surface area contributed by atoms with Crippen LogP contribution in [0.4, 0.5) is 0 Å². The standard InChI is InChI=1S/C25H28O9/c1-11-24(33-12(2)26)18(29)22(6)8-14-13-7-16(28)34-20(3,4)17(13)15(27)9-21(14,5)25(24,19(30)32-11)23(22)10-31-23/h8,11,15,27H,7,9-10H2,1-6H3. The predicted octanol–water partition coefficient (Wildman–Crippen LogP) is 1.31. The van der Waals surface area contributed by atoms with Crippen LogP contribution in [-0.4, -0.2) is 64.4 Å². The van der Waals surface area contributed by atoms with Crippen LogP contribution in [0, 0.1) is 16.2 Å². The fourth-order valence-corrected chi connectivity index (χ4v) is 8.49. The van der Waals surface area contributed by atoms with E-state index < -0.39 is 68.9 Å². The first-order valence-electron chi connectivity index (χ1n) is 11.6. The minimum absolute atomic E-state index is 0.0396. The van der Waals surface area contributed by atoms with Gasteiger partial charge in [0.25, 0.3) is 0 Å². The SMILES string of the molecule is CC(=O)OC12C(=O)C3(C)C=C4C5=C(C(O)CC4(C)C1(C(=O)OC2C)C31CO1)C(C)(C)OC(=O)C5. The third-order valence-electron chi connectivity index (χ3n) is 9.49. The summed E-state index contributed by atoms with van der Waals surface area (Å²) in [4.78, 5) is 53.4. The van der Waals surface area contributed by atoms with Gasteiger partial charge in [0.05, 0.1) is 24.5 Å². The molecule has 0 aromatic heterocycles. The normalized spacial score (nSPS) is 49.6. The molecular weight excluding hydrogens is 444 g/mol. The number of rotatable bonds is 1. The van der Waals surface area contributed by atoms with Crippen molar-refractivity contribution in [2.24, 2.45) is 16.2 Å². The summed E-state index contributed by atoms with van der Waals surface area (Å²) in [6.45, 7) is 9.79. The molecule has 0 aromatic carbocycles. The Hall–Kier alpha value is -2.52. The summed E-state index contributed by atoms with van der Waals surface area (Å²) in [5.74, 6) is -2.31. The third-order valence-corrected chi connectivity index (χ3v) is 9.49. The van der Waals surface area contributed by atoms with Gasteiger partial charge in [0.15, 0.2) is 11.2 Å². The zero-order chi connectivity index (χ0) is 24.9. The Morgan fingerprint density at radius 3 is 2.41 bits per heavy atom. The summed E-state index contributed by atoms with van der Waals surface area (Å²) in [5, 5.41) is 11.5. The quantitative estimate of drug-likeness (QED) is 0.341. The number of fused-ring (bicyclic) bond motifs is 2. The molecule has 1 N–H and O–H groups in total. The van der Waals surface area contributed by atoms with Gasteiger partial charge in [-0.25, -0.2) is 0 Å². The molecule has 1 saturated carbocycles. The van der Waals surface area contributed by atoms with Crippen molar-refractivity contribution in [3.63, 3.8) is 0 Å². The zero-order valence-electron chi connectivity index (χ0n) is 20.1. The van der Waals surface area contributed by atoms with Gasteiger partial charge in [-0.15, -0.1) is 0 Å². The fraction of sp³-hybridized carbons (Fsp3) is 0.680. The molecule has 0 aromatic rings. The molecule has 6 rings (SSSR count). The molecule has 3 heterocycles. The average Bonchev–Trinajstić information content (AvgIpc) is 3.43. The first-order valence-corrected chi connectivity index (χ1v) is 11.6. The second-order valence-corrected chi connectivity index (χ2v) is 11.4. The number of aliphatic hydroxyl groups is 1. The van der Waals surface area contributed by atoms with Crippen molar-refractivity contribution in [1.82, 2.24) is 0 Å². The Bertz CT molecular complexity index is 1190. The van der Waals surface area contributed by atoms with E-state index in [-0.39, 0.29) is 19.4 Å². The predicted molar refractivity (Wildman–Crippen MR) is 113 cm³/mol. The summed E-state index contributed by atoms with van der Waals surface area (Å²) < 4.78 is 23.2. The largest absolute Gasteiger partial charge is 0.457 e. The van der Waals surface area contributed by atoms with Gasteiger partial charge in [-0.05, 0) is 45.3 Å². The molecule has 2 spiro atoms. The van der Waals surface area contributed by atoms with Crippen molar-refractivity contribution in [2.75, 3.05) is 6.61 Å². The molecular formula is C25H28O9. The van der Waals surface area contributed by atoms with Gasteiger partial charge < -0.3 is 24.1 Å². The summed E-state index contributed by atoms with van der Waals surface area (Å²) in [6, 6.07) is 0. The Morgan fingerprint density at radius 1 is 1.18 bits per heavy atom. The van der Waals surface area contributed by atoms with Crippen LogP contribution in [0.15, 0.2) is 22.8 Å². The van der Waals surface area contributed by atoms with Crippen LogP contribution in [0.2, 0.25) is 0 Å². The van der Waals surface area contributed by atoms with Crippen LogP contribution in [-0.2, 0) is 38.1 Å². The lowest BCUT2D eigenvalue weighted by Gasteiger charge is -2.58. The molecule has 3 aliphatic carbocycles. The number of ketones is 1. The van der Waals surface area contributed by atoms with Crippen molar-refractivity contribution in [3.05, 3.63) is 22.8 Å². The van der Waals surface area contributed by atoms with E-state index in [1.165, 1.54) is 6.92 Å². The van der Waals surface area contributed by atoms with Crippen molar-refractivity contribution in [3.8, 4) is 0 Å². The van der Waals surface area contributed by atoms with E-state index >= 15 is 0 Å². The summed E-state index contributed by atoms with van der Waals surface area (Å²) in [7, 11) is 0. The molecule has 3 fully saturated rings. The van der Waals surface area contributed by atoms with Crippen molar-refractivity contribution < 1.29 is 43.2 Å². The third kappa shape index (κ3) is 1.82. The minimum atomic E-state index is -1.93. The first kappa shape index (κ1) is 22.0. The van der Waals surface area contributed by atoms with E-state index in [9.17, 15) is 24.3 Å². The number of aliphatic hydroxyl groups excluding tert-OH is 1. The van der Waals surface area contributed by atoms with Crippen molar-refractivity contribution in [2.45, 2.75) is 83.4 Å². The Labute approximate surface area is 196 Å². The number of carbonyl (C=O) groups is 4. The van der Waals surface area contributed by atoms with Crippen LogP contribution in [0.3, 0.4) is 0 Å². The maximum Gasteiger partial charge on any atom is 0.321 e. The van der Waals surface area contributed by atoms with E-state index in [0.29, 0.717) is 16.7 Å². The summed E-state index contributed by atoms with van der Waals surface area (Å²) in [6.07, 6.45) is -0.380. The molecule has 2 bridgehead atoms. The van der Waals surface area contributed by atoms with Gasteiger partial charge in [-0.2, -0.15) is 0 Å². The van der Waals surface area contributed by atoms with Crippen LogP contribution < -0.4 is 0 Å². The van der Waals surface area contributed by atoms with Crippen LogP contribution in [0.5, 0.6) is 0 Å². The molecule has 7 unspecified atom stereocenters. The molecule has 9 heteroatoms. The van der Waals surface area contributed by atoms with Crippen LogP contribution in [0.25, 0.3) is 0 Å². The van der Waals surface area contributed by atoms with Gasteiger partial charge >= 0.3 is 17.9 Å². The van der Waals surface area contributed by atoms with Gasteiger partial charge in [-0.3, -0.25) is 19.2 Å². The van der Waals surface area contributed by atoms with E-state index in [1.807, 2.05) is 0 Å². The van der Waals surface area contributed by atoms with Crippen LogP contribution >= 0.6 is 0 Å². The Morgan fingerprint density at radius 2 is 1.82 bits per heavy atom. The monoisotopic (exact) mass is 472 g/mol. The highest BCUT2D eigenvalue weighted by Gasteiger charge is 3.00. The van der Waals surface area contributed by atoms with E-state index in [4.69, 9.17) is 18.9 Å². The fourth-order valence-electron chi connectivity index (χ4n) is 8.49. The van der Waals surface area contributed by atoms with Gasteiger partial charge in [0.1, 0.15) is 17.3 Å². The van der Waals surface area contributed by atoms with Crippen molar-refractivity contribution >= 4 is 23.7 Å². The zero-order valence-corrected chi connectivity index (χ0v) is 20.1. The highest BCUT2D eigenvalue weighted by Crippen LogP contribution is 2.83. The number of allylic oxidation sites excluding steroid dienone is 1. The molecule has 6 aliphatic rings. The highest BCUT2D eigenvalue weighted by atomic mass is 16.6. The molecule has 7 atom stereocenters. The Balaban J connectivity index is 1.74. The maximum atomic E-state index is 14.4. The summed E-state index contributed by atoms with van der Waals surface area (Å²) in [5.41, 5.74) is -6.78. The van der Waals surface area contributed by atoms with E-state index in [1.54, 1.807) is 40.7 Å². The van der Waals surface area contributed by atoms with Gasteiger partial charge in [0.2, 0.25) is 5.60 Å². The van der Waals surface area contributed by atoms with E-state index in [2.05, 4.69) is 0 Å². The number of esters is 3. The average molecular weight is 472 g/mol. The molecule has 34 heavy (non-hydrogen) atoms. The number of Topliss-reactive ketones (excluding diaryl/α,β-unsaturated/α-hetero) is 1. The number of epoxide rings is 1. The lowest BCUT2D eigenvalue weighted by Crippen LogP contribution is -2.68. The second kappa shape index (κ2) is 5.65.